The van der Waals surface area contributed by atoms with Crippen molar-refractivity contribution in [2.24, 2.45) is 11.1 Å². The second kappa shape index (κ2) is 11.2. The summed E-state index contributed by atoms with van der Waals surface area (Å²) in [6.45, 7) is 5.82. The average Bonchev–Trinajstić information content (AvgIpc) is 3.11. The Hall–Kier alpha value is -1.81. The quantitative estimate of drug-likeness (QED) is 0.391. The lowest BCUT2D eigenvalue weighted by molar-refractivity contribution is -0.145. The van der Waals surface area contributed by atoms with Crippen LogP contribution in [-0.2, 0) is 9.63 Å². The molecule has 31 heavy (non-hydrogen) atoms. The Morgan fingerprint density at radius 3 is 2.65 bits per heavy atom. The molecule has 1 aliphatic rings. The molecule has 4 N–H and O–H groups in total. The topological polar surface area (TPSA) is 120 Å². The van der Waals surface area contributed by atoms with Gasteiger partial charge in [0.1, 0.15) is 0 Å². The van der Waals surface area contributed by atoms with E-state index in [1.165, 1.54) is 12.1 Å². The highest BCUT2D eigenvalue weighted by Gasteiger charge is 2.47. The SMILES string of the molecule is CCCC1(C(=O)NC(CC(C)C)B(O)O)CC(CNC(=O)c2cc(Cl)ccc2Cl)=NO1. The van der Waals surface area contributed by atoms with Gasteiger partial charge in [-0.1, -0.05) is 55.5 Å². The Morgan fingerprint density at radius 2 is 2.03 bits per heavy atom. The molecule has 0 aromatic heterocycles. The maximum Gasteiger partial charge on any atom is 0.475 e. The molecule has 0 bridgehead atoms. The summed E-state index contributed by atoms with van der Waals surface area (Å²) in [6, 6.07) is 4.59. The van der Waals surface area contributed by atoms with E-state index in [-0.39, 0.29) is 29.5 Å². The van der Waals surface area contributed by atoms with Crippen molar-refractivity contribution in [1.29, 1.82) is 0 Å². The van der Waals surface area contributed by atoms with Crippen LogP contribution in [0.2, 0.25) is 10.0 Å². The molecule has 0 saturated carbocycles. The summed E-state index contributed by atoms with van der Waals surface area (Å²) in [5.41, 5.74) is -0.535. The Balaban J connectivity index is 2.03. The van der Waals surface area contributed by atoms with E-state index in [2.05, 4.69) is 15.8 Å². The summed E-state index contributed by atoms with van der Waals surface area (Å²) in [5.74, 6) is -1.55. The number of nitrogens with one attached hydrogen (secondary N) is 2. The first kappa shape index (κ1) is 25.5. The van der Waals surface area contributed by atoms with Crippen molar-refractivity contribution in [3.63, 3.8) is 0 Å². The van der Waals surface area contributed by atoms with Crippen LogP contribution < -0.4 is 10.6 Å². The monoisotopic (exact) mass is 471 g/mol. The number of halogens is 2. The number of hydrogen-bond acceptors (Lipinski definition) is 6. The van der Waals surface area contributed by atoms with E-state index in [9.17, 15) is 19.6 Å². The highest BCUT2D eigenvalue weighted by Crippen LogP contribution is 2.30. The van der Waals surface area contributed by atoms with Crippen LogP contribution in [0.5, 0.6) is 0 Å². The number of benzene rings is 1. The number of carbonyl (C=O) groups excluding carboxylic acids is 2. The fraction of sp³-hybridized carbons (Fsp3) is 0.550. The van der Waals surface area contributed by atoms with Gasteiger partial charge in [0.2, 0.25) is 5.60 Å². The molecule has 0 fully saturated rings. The van der Waals surface area contributed by atoms with Gasteiger partial charge >= 0.3 is 7.12 Å². The molecule has 1 aromatic carbocycles. The molecule has 0 spiro atoms. The third-order valence-corrected chi connectivity index (χ3v) is 5.50. The van der Waals surface area contributed by atoms with Crippen LogP contribution in [-0.4, -0.2) is 52.8 Å². The normalized spacial score (nSPS) is 18.9. The third kappa shape index (κ3) is 6.84. The second-order valence-corrected chi connectivity index (χ2v) is 8.94. The number of amides is 2. The molecule has 2 atom stereocenters. The Labute approximate surface area is 192 Å². The highest BCUT2D eigenvalue weighted by atomic mass is 35.5. The molecule has 1 aliphatic heterocycles. The summed E-state index contributed by atoms with van der Waals surface area (Å²) in [6.07, 6.45) is 1.61. The van der Waals surface area contributed by atoms with Gasteiger partial charge in [0.15, 0.2) is 0 Å². The molecule has 1 aromatic rings. The summed E-state index contributed by atoms with van der Waals surface area (Å²) >= 11 is 12.0. The molecule has 11 heteroatoms. The molecule has 0 saturated heterocycles. The molecule has 2 unspecified atom stereocenters. The Kier molecular flexibility index (Phi) is 9.18. The lowest BCUT2D eigenvalue weighted by Crippen LogP contribution is -2.55. The average molecular weight is 472 g/mol. The summed E-state index contributed by atoms with van der Waals surface area (Å²) < 4.78 is 0. The van der Waals surface area contributed by atoms with Crippen LogP contribution in [0.3, 0.4) is 0 Å². The van der Waals surface area contributed by atoms with Crippen LogP contribution in [0.4, 0.5) is 0 Å². The maximum absolute atomic E-state index is 13.0. The van der Waals surface area contributed by atoms with Crippen LogP contribution >= 0.6 is 23.2 Å². The summed E-state index contributed by atoms with van der Waals surface area (Å²) in [5, 5.41) is 29.3. The molecular formula is C20H28BCl2N3O5. The van der Waals surface area contributed by atoms with Crippen molar-refractivity contribution in [1.82, 2.24) is 10.6 Å². The molecule has 2 amide bonds. The van der Waals surface area contributed by atoms with Gasteiger partial charge in [-0.2, -0.15) is 0 Å². The standard InChI is InChI=1S/C20H28BCl2N3O5/c1-4-7-20(19(28)25-17(21(29)30)8-12(2)3)10-14(26-31-20)11-24-18(27)15-9-13(22)5-6-16(15)23/h5-6,9,12,17,29-30H,4,7-8,10-11H2,1-3H3,(H,24,27)(H,25,28). The number of oxime groups is 1. The number of carbonyl (C=O) groups is 2. The van der Waals surface area contributed by atoms with Gasteiger partial charge in [-0.15, -0.1) is 0 Å². The van der Waals surface area contributed by atoms with Gasteiger partial charge in [-0.3, -0.25) is 9.59 Å². The molecular weight excluding hydrogens is 444 g/mol. The number of hydrogen-bond donors (Lipinski definition) is 4. The zero-order chi connectivity index (χ0) is 23.2. The minimum atomic E-state index is -1.69. The maximum atomic E-state index is 13.0. The number of rotatable bonds is 10. The zero-order valence-electron chi connectivity index (χ0n) is 17.8. The number of nitrogens with zero attached hydrogens (tertiary/aromatic N) is 1. The largest absolute Gasteiger partial charge is 0.475 e. The van der Waals surface area contributed by atoms with E-state index >= 15 is 0 Å². The molecule has 8 nitrogen and oxygen atoms in total. The van der Waals surface area contributed by atoms with Crippen LogP contribution in [0.15, 0.2) is 23.4 Å². The zero-order valence-corrected chi connectivity index (χ0v) is 19.3. The predicted octanol–water partition coefficient (Wildman–Crippen LogP) is 2.58. The predicted molar refractivity (Wildman–Crippen MR) is 121 cm³/mol. The van der Waals surface area contributed by atoms with Crippen molar-refractivity contribution < 1.29 is 24.5 Å². The van der Waals surface area contributed by atoms with E-state index in [1.807, 2.05) is 20.8 Å². The van der Waals surface area contributed by atoms with E-state index < -0.39 is 30.5 Å². The molecule has 2 rings (SSSR count). The van der Waals surface area contributed by atoms with Crippen LogP contribution in [0.1, 0.15) is 56.8 Å². The van der Waals surface area contributed by atoms with Crippen molar-refractivity contribution in [3.8, 4) is 0 Å². The van der Waals surface area contributed by atoms with E-state index in [4.69, 9.17) is 28.0 Å². The molecule has 0 radical (unpaired) electrons. The Bertz CT molecular complexity index is 837. The minimum absolute atomic E-state index is 0.0679. The lowest BCUT2D eigenvalue weighted by Gasteiger charge is -2.28. The van der Waals surface area contributed by atoms with Crippen molar-refractivity contribution in [2.45, 2.75) is 58.0 Å². The second-order valence-electron chi connectivity index (χ2n) is 8.10. The third-order valence-electron chi connectivity index (χ3n) is 4.93. The van der Waals surface area contributed by atoms with Crippen LogP contribution in [0, 0.1) is 5.92 Å². The van der Waals surface area contributed by atoms with Crippen molar-refractivity contribution in [3.05, 3.63) is 33.8 Å². The molecule has 0 aliphatic carbocycles. The Morgan fingerprint density at radius 1 is 1.32 bits per heavy atom. The van der Waals surface area contributed by atoms with Gasteiger partial charge in [0.25, 0.3) is 11.8 Å². The van der Waals surface area contributed by atoms with Gasteiger partial charge in [-0.25, -0.2) is 0 Å². The fourth-order valence-electron chi connectivity index (χ4n) is 3.43. The van der Waals surface area contributed by atoms with E-state index in [1.54, 1.807) is 6.07 Å². The van der Waals surface area contributed by atoms with Crippen molar-refractivity contribution >= 4 is 47.8 Å². The smallest absolute Gasteiger partial charge is 0.426 e. The van der Waals surface area contributed by atoms with Gasteiger partial charge in [0, 0.05) is 11.4 Å². The summed E-state index contributed by atoms with van der Waals surface area (Å²) in [7, 11) is -1.69. The lowest BCUT2D eigenvalue weighted by atomic mass is 9.74. The first-order chi connectivity index (χ1) is 14.6. The molecule has 1 heterocycles. The molecule has 170 valence electrons. The van der Waals surface area contributed by atoms with Gasteiger partial charge in [0.05, 0.1) is 28.8 Å². The minimum Gasteiger partial charge on any atom is -0.426 e. The first-order valence-corrected chi connectivity index (χ1v) is 11.0. The van der Waals surface area contributed by atoms with Crippen LogP contribution in [0.25, 0.3) is 0 Å². The fourth-order valence-corrected chi connectivity index (χ4v) is 3.80. The van der Waals surface area contributed by atoms with Gasteiger partial charge in [-0.05, 0) is 37.0 Å². The van der Waals surface area contributed by atoms with Crippen molar-refractivity contribution in [2.75, 3.05) is 6.54 Å². The highest BCUT2D eigenvalue weighted by molar-refractivity contribution is 6.43. The first-order valence-electron chi connectivity index (χ1n) is 10.2. The van der Waals surface area contributed by atoms with Gasteiger partial charge < -0.3 is 25.5 Å². The van der Waals surface area contributed by atoms with E-state index in [0.29, 0.717) is 30.0 Å². The summed E-state index contributed by atoms with van der Waals surface area (Å²) in [4.78, 5) is 31.0. The van der Waals surface area contributed by atoms with E-state index in [0.717, 1.165) is 0 Å².